The number of hydrogen-bond acceptors (Lipinski definition) is 4. The summed E-state index contributed by atoms with van der Waals surface area (Å²) >= 11 is 1.48. The first kappa shape index (κ1) is 15.2. The first-order valence-corrected chi connectivity index (χ1v) is 8.33. The van der Waals surface area contributed by atoms with Crippen LogP contribution in [0.5, 0.6) is 0 Å². The van der Waals surface area contributed by atoms with Gasteiger partial charge in [0.05, 0.1) is 31.0 Å². The summed E-state index contributed by atoms with van der Waals surface area (Å²) in [5, 5.41) is 0.898. The van der Waals surface area contributed by atoms with Gasteiger partial charge in [0.1, 0.15) is 9.88 Å². The molecule has 3 rings (SSSR count). The second kappa shape index (κ2) is 6.18. The molecule has 0 saturated carbocycles. The van der Waals surface area contributed by atoms with Crippen molar-refractivity contribution in [2.75, 3.05) is 13.2 Å². The Morgan fingerprint density at radius 2 is 1.86 bits per heavy atom. The zero-order valence-electron chi connectivity index (χ0n) is 13.1. The van der Waals surface area contributed by atoms with Crippen LogP contribution in [0.4, 0.5) is 0 Å². The first-order chi connectivity index (χ1) is 10.6. The van der Waals surface area contributed by atoms with Crippen LogP contribution < -0.4 is 0 Å². The number of carbonyl (C=O) groups is 1. The first-order valence-electron chi connectivity index (χ1n) is 7.51. The molecule has 1 saturated heterocycles. The smallest absolute Gasteiger partial charge is 0.266 e. The van der Waals surface area contributed by atoms with Crippen LogP contribution in [-0.4, -0.2) is 41.1 Å². The highest BCUT2D eigenvalue weighted by molar-refractivity contribution is 7.17. The van der Waals surface area contributed by atoms with E-state index >= 15 is 0 Å². The number of morpholine rings is 1. The number of ether oxygens (including phenoxy) is 1. The minimum Gasteiger partial charge on any atom is -0.377 e. The molecule has 0 N–H and O–H groups in total. The second-order valence-electron chi connectivity index (χ2n) is 5.75. The van der Waals surface area contributed by atoms with Gasteiger partial charge in [-0.05, 0) is 20.8 Å². The lowest BCUT2D eigenvalue weighted by molar-refractivity contribution is -0.0247. The number of benzene rings is 1. The molecule has 116 valence electrons. The average molecular weight is 316 g/mol. The third-order valence-corrected chi connectivity index (χ3v) is 5.11. The van der Waals surface area contributed by atoms with E-state index in [0.29, 0.717) is 13.2 Å². The molecule has 2 atom stereocenters. The zero-order valence-corrected chi connectivity index (χ0v) is 13.9. The van der Waals surface area contributed by atoms with Gasteiger partial charge in [-0.15, -0.1) is 11.3 Å². The van der Waals surface area contributed by atoms with Crippen LogP contribution in [-0.2, 0) is 4.74 Å². The molecule has 1 aromatic heterocycles. The minimum absolute atomic E-state index is 0.0699. The van der Waals surface area contributed by atoms with E-state index < -0.39 is 0 Å². The monoisotopic (exact) mass is 316 g/mol. The Kier molecular flexibility index (Phi) is 4.27. The Morgan fingerprint density at radius 3 is 2.50 bits per heavy atom. The van der Waals surface area contributed by atoms with Crippen LogP contribution in [0.1, 0.15) is 29.2 Å². The van der Waals surface area contributed by atoms with Gasteiger partial charge in [-0.1, -0.05) is 30.3 Å². The van der Waals surface area contributed by atoms with E-state index in [2.05, 4.69) is 4.98 Å². The van der Waals surface area contributed by atoms with Gasteiger partial charge in [-0.25, -0.2) is 4.98 Å². The van der Waals surface area contributed by atoms with Crippen LogP contribution in [0.15, 0.2) is 30.3 Å². The molecule has 4 nitrogen and oxygen atoms in total. The topological polar surface area (TPSA) is 42.4 Å². The number of amides is 1. The Balaban J connectivity index is 1.92. The molecule has 1 aliphatic rings. The lowest BCUT2D eigenvalue weighted by Crippen LogP contribution is -2.52. The summed E-state index contributed by atoms with van der Waals surface area (Å²) in [6, 6.07) is 10.2. The van der Waals surface area contributed by atoms with Crippen molar-refractivity contribution in [3.63, 3.8) is 0 Å². The number of carbonyl (C=O) groups excluding carboxylic acids is 1. The number of rotatable bonds is 2. The fourth-order valence-corrected chi connectivity index (χ4v) is 3.84. The van der Waals surface area contributed by atoms with Crippen LogP contribution in [0.2, 0.25) is 0 Å². The van der Waals surface area contributed by atoms with E-state index in [4.69, 9.17) is 4.74 Å². The Bertz CT molecular complexity index is 659. The van der Waals surface area contributed by atoms with Gasteiger partial charge in [-0.2, -0.15) is 0 Å². The number of hydrogen-bond donors (Lipinski definition) is 0. The number of aryl methyl sites for hydroxylation is 1. The predicted octanol–water partition coefficient (Wildman–Crippen LogP) is 3.37. The summed E-state index contributed by atoms with van der Waals surface area (Å²) in [7, 11) is 0. The fraction of sp³-hybridized carbons (Fsp3) is 0.412. The second-order valence-corrected chi connectivity index (χ2v) is 6.75. The maximum Gasteiger partial charge on any atom is 0.266 e. The van der Waals surface area contributed by atoms with Crippen molar-refractivity contribution in [3.8, 4) is 10.6 Å². The van der Waals surface area contributed by atoms with E-state index in [1.54, 1.807) is 0 Å². The Hall–Kier alpha value is -1.72. The van der Waals surface area contributed by atoms with Gasteiger partial charge in [0, 0.05) is 5.56 Å². The summed E-state index contributed by atoms with van der Waals surface area (Å²) < 4.78 is 5.51. The molecule has 0 spiro atoms. The van der Waals surface area contributed by atoms with Crippen molar-refractivity contribution >= 4 is 17.2 Å². The van der Waals surface area contributed by atoms with Gasteiger partial charge in [-0.3, -0.25) is 4.79 Å². The number of nitrogens with zero attached hydrogens (tertiary/aromatic N) is 2. The summed E-state index contributed by atoms with van der Waals surface area (Å²) in [6.07, 6.45) is 0. The molecule has 22 heavy (non-hydrogen) atoms. The predicted molar refractivity (Wildman–Crippen MR) is 88.2 cm³/mol. The molecule has 0 aliphatic carbocycles. The quantitative estimate of drug-likeness (QED) is 0.853. The molecule has 2 unspecified atom stereocenters. The number of thiazole rings is 1. The van der Waals surface area contributed by atoms with Crippen molar-refractivity contribution in [1.82, 2.24) is 9.88 Å². The normalized spacial score (nSPS) is 21.9. The molecule has 5 heteroatoms. The Labute approximate surface area is 134 Å². The molecule has 0 bridgehead atoms. The standard InChI is InChI=1S/C17H20N2O2S/c1-11-9-21-10-12(2)19(11)17(20)15-13(3)18-16(22-15)14-7-5-4-6-8-14/h4-8,11-12H,9-10H2,1-3H3. The third kappa shape index (κ3) is 2.78. The van der Waals surface area contributed by atoms with Gasteiger partial charge < -0.3 is 9.64 Å². The highest BCUT2D eigenvalue weighted by Gasteiger charge is 2.32. The van der Waals surface area contributed by atoms with Gasteiger partial charge in [0.25, 0.3) is 5.91 Å². The largest absolute Gasteiger partial charge is 0.377 e. The van der Waals surface area contributed by atoms with Crippen molar-refractivity contribution in [2.45, 2.75) is 32.9 Å². The van der Waals surface area contributed by atoms with Crippen LogP contribution in [0, 0.1) is 6.92 Å². The van der Waals surface area contributed by atoms with E-state index in [0.717, 1.165) is 21.1 Å². The maximum atomic E-state index is 12.9. The SMILES string of the molecule is Cc1nc(-c2ccccc2)sc1C(=O)N1C(C)COCC1C. The number of aromatic nitrogens is 1. The summed E-state index contributed by atoms with van der Waals surface area (Å²) in [5.41, 5.74) is 1.86. The van der Waals surface area contributed by atoms with E-state index in [9.17, 15) is 4.79 Å². The molecule has 1 amide bonds. The van der Waals surface area contributed by atoms with Crippen LogP contribution in [0.3, 0.4) is 0 Å². The van der Waals surface area contributed by atoms with Crippen molar-refractivity contribution in [1.29, 1.82) is 0 Å². The highest BCUT2D eigenvalue weighted by atomic mass is 32.1. The van der Waals surface area contributed by atoms with Gasteiger partial charge in [0.2, 0.25) is 0 Å². The molecule has 0 radical (unpaired) electrons. The summed E-state index contributed by atoms with van der Waals surface area (Å²) in [4.78, 5) is 20.2. The molecular weight excluding hydrogens is 296 g/mol. The average Bonchev–Trinajstić information content (AvgIpc) is 2.90. The van der Waals surface area contributed by atoms with E-state index in [1.165, 1.54) is 11.3 Å². The van der Waals surface area contributed by atoms with Crippen LogP contribution in [0.25, 0.3) is 10.6 Å². The summed E-state index contributed by atoms with van der Waals surface area (Å²) in [6.45, 7) is 7.16. The lowest BCUT2D eigenvalue weighted by atomic mass is 10.1. The maximum absolute atomic E-state index is 12.9. The minimum atomic E-state index is 0.0699. The molecule has 2 heterocycles. The molecule has 1 aliphatic heterocycles. The fourth-order valence-electron chi connectivity index (χ4n) is 2.82. The highest BCUT2D eigenvalue weighted by Crippen LogP contribution is 2.30. The van der Waals surface area contributed by atoms with Gasteiger partial charge in [0.15, 0.2) is 0 Å². The molecule has 2 aromatic rings. The van der Waals surface area contributed by atoms with Crippen molar-refractivity contribution in [2.24, 2.45) is 0 Å². The van der Waals surface area contributed by atoms with Crippen LogP contribution >= 0.6 is 11.3 Å². The molecule has 1 aromatic carbocycles. The van der Waals surface area contributed by atoms with E-state index in [-0.39, 0.29) is 18.0 Å². The summed E-state index contributed by atoms with van der Waals surface area (Å²) in [5.74, 6) is 0.0699. The third-order valence-electron chi connectivity index (χ3n) is 3.91. The Morgan fingerprint density at radius 1 is 1.23 bits per heavy atom. The van der Waals surface area contributed by atoms with Crippen molar-refractivity contribution in [3.05, 3.63) is 40.9 Å². The molecular formula is C17H20N2O2S. The van der Waals surface area contributed by atoms with Crippen molar-refractivity contribution < 1.29 is 9.53 Å². The van der Waals surface area contributed by atoms with Gasteiger partial charge >= 0.3 is 0 Å². The zero-order chi connectivity index (χ0) is 15.7. The lowest BCUT2D eigenvalue weighted by Gasteiger charge is -2.38. The van der Waals surface area contributed by atoms with E-state index in [1.807, 2.05) is 56.0 Å². The molecule has 1 fully saturated rings.